The predicted octanol–water partition coefficient (Wildman–Crippen LogP) is -4.43. The minimum atomic E-state index is -1.61. The van der Waals surface area contributed by atoms with Crippen LogP contribution in [-0.2, 0) is 54.3 Å². The Bertz CT molecular complexity index is 2950. The number of nitrogens with zero attached hydrogens (tertiary/aromatic N) is 4. The van der Waals surface area contributed by atoms with Crippen molar-refractivity contribution in [1.82, 2.24) is 24.6 Å². The van der Waals surface area contributed by atoms with Crippen molar-refractivity contribution in [2.45, 2.75) is 175 Å². The monoisotopic (exact) mass is 1400 g/mol. The van der Waals surface area contributed by atoms with Gasteiger partial charge in [0, 0.05) is 112 Å². The first-order valence-corrected chi connectivity index (χ1v) is 34.1. The number of hydrogen-bond acceptors (Lipinski definition) is 24. The van der Waals surface area contributed by atoms with E-state index < -0.39 is 116 Å². The van der Waals surface area contributed by atoms with Gasteiger partial charge in [-0.2, -0.15) is 0 Å². The smallest absolute Gasteiger partial charge is 0.451 e. The number of aromatic amines is 1. The fourth-order valence-electron chi connectivity index (χ4n) is 14.3. The highest BCUT2D eigenvalue weighted by Gasteiger charge is 2.55. The molecule has 99 heavy (non-hydrogen) atoms. The maximum atomic E-state index is 12.9. The zero-order valence-corrected chi connectivity index (χ0v) is 56.2. The third-order valence-corrected chi connectivity index (χ3v) is 20.3. The van der Waals surface area contributed by atoms with Crippen LogP contribution in [0.15, 0.2) is 30.5 Å². The number of rotatable bonds is 29. The number of nitrogens with one attached hydrogen (secondary N) is 1. The highest BCUT2D eigenvalue weighted by atomic mass is 16.5. The molecule has 6 heterocycles. The Balaban J connectivity index is 0.000000239. The number of likely N-dealkylation sites (tertiary alicyclic amines) is 4. The van der Waals surface area contributed by atoms with Gasteiger partial charge in [0.15, 0.2) is 0 Å². The summed E-state index contributed by atoms with van der Waals surface area (Å²) in [5.41, 5.74) is 37.0. The lowest BCUT2D eigenvalue weighted by Crippen LogP contribution is -2.55. The summed E-state index contributed by atoms with van der Waals surface area (Å²) in [7, 11) is -5.72. The lowest BCUT2D eigenvalue weighted by molar-refractivity contribution is -0.146. The first-order valence-electron chi connectivity index (χ1n) is 34.1. The third-order valence-electron chi connectivity index (χ3n) is 20.3. The van der Waals surface area contributed by atoms with Crippen LogP contribution in [0.2, 0.25) is 25.3 Å². The van der Waals surface area contributed by atoms with Gasteiger partial charge in [0.05, 0.1) is 24.6 Å². The van der Waals surface area contributed by atoms with E-state index in [1.807, 2.05) is 30.5 Å². The molecule has 6 aliphatic rings. The van der Waals surface area contributed by atoms with Crippen LogP contribution in [0.3, 0.4) is 0 Å². The van der Waals surface area contributed by atoms with Gasteiger partial charge in [-0.25, -0.2) is 0 Å². The molecular formula is C61H104B4N12O22. The van der Waals surface area contributed by atoms with Crippen molar-refractivity contribution in [2.75, 3.05) is 65.6 Å². The number of aliphatic carboxylic acids is 4. The molecule has 5 saturated heterocycles. The van der Waals surface area contributed by atoms with Gasteiger partial charge in [-0.15, -0.1) is 0 Å². The third kappa shape index (κ3) is 23.1. The van der Waals surface area contributed by atoms with E-state index in [1.165, 1.54) is 14.7 Å². The van der Waals surface area contributed by atoms with Crippen LogP contribution in [0.1, 0.15) is 115 Å². The van der Waals surface area contributed by atoms with Gasteiger partial charge in [-0.05, 0) is 101 Å². The topological polar surface area (TPSA) is 617 Å². The van der Waals surface area contributed by atoms with Crippen molar-refractivity contribution in [1.29, 1.82) is 0 Å². The van der Waals surface area contributed by atoms with E-state index in [0.29, 0.717) is 84.1 Å². The van der Waals surface area contributed by atoms with Gasteiger partial charge < -0.3 is 130 Å². The molecule has 11 atom stereocenters. The fraction of sp³-hybridized carbons (Fsp3) is 0.721. The molecule has 6 fully saturated rings. The number of carboxylic acids is 4. The van der Waals surface area contributed by atoms with E-state index >= 15 is 0 Å². The number of benzene rings is 1. The van der Waals surface area contributed by atoms with Gasteiger partial charge >= 0.3 is 52.4 Å². The van der Waals surface area contributed by atoms with Crippen LogP contribution in [0.5, 0.6) is 0 Å². The van der Waals surface area contributed by atoms with Crippen molar-refractivity contribution in [3.05, 3.63) is 36.0 Å². The number of aromatic nitrogens is 1. The van der Waals surface area contributed by atoms with Gasteiger partial charge in [0.25, 0.3) is 0 Å². The highest BCUT2D eigenvalue weighted by Crippen LogP contribution is 2.37. The predicted molar refractivity (Wildman–Crippen MR) is 362 cm³/mol. The number of carbonyl (C=O) groups is 9. The summed E-state index contributed by atoms with van der Waals surface area (Å²) >= 11 is 0. The maximum absolute atomic E-state index is 12.9. The van der Waals surface area contributed by atoms with Crippen molar-refractivity contribution in [3.8, 4) is 0 Å². The average Bonchev–Trinajstić information content (AvgIpc) is 1.66. The minimum Gasteiger partial charge on any atom is -0.480 e. The molecule has 0 spiro atoms. The molecule has 0 radical (unpaired) electrons. The number of carbonyl (C=O) groups excluding carboxylic acids is 5. The van der Waals surface area contributed by atoms with Crippen LogP contribution in [0.25, 0.3) is 10.9 Å². The summed E-state index contributed by atoms with van der Waals surface area (Å²) in [4.78, 5) is 117. The van der Waals surface area contributed by atoms with Gasteiger partial charge in [-0.3, -0.25) is 43.2 Å². The SMILES string of the molecule is NC(=O)CC[C@H](N)C(=O)N1C[C@H](CCCB(O)O)[C@](N)(C(=O)O)C1.N[C@@H](Cc1c[nH]c2ccccc12)C(=O)N1C[C@H](CCCB(O)O)[C@](N)(C(=O)O)C1.N[C@@]1(C(=O)O)CN(C(=O)C2CCCCC2)C[C@@H]1CCCB(O)O.N[C@@]1(C(=O)O)CN(C(=O)[C@H]2CCCOC2)C[C@@H]1CCCB(O)O. The van der Waals surface area contributed by atoms with Crippen molar-refractivity contribution < 1.29 is 109 Å². The molecule has 1 aromatic carbocycles. The molecule has 1 aromatic heterocycles. The second-order valence-corrected chi connectivity index (χ2v) is 27.7. The second-order valence-electron chi connectivity index (χ2n) is 27.7. The number of nitrogens with two attached hydrogens (primary N) is 7. The Morgan fingerprint density at radius 2 is 0.879 bits per heavy atom. The second kappa shape index (κ2) is 38.1. The molecule has 2 aromatic rings. The van der Waals surface area contributed by atoms with E-state index in [4.69, 9.17) is 85.1 Å². The summed E-state index contributed by atoms with van der Waals surface area (Å²) in [5.74, 6) is -8.04. The van der Waals surface area contributed by atoms with E-state index in [9.17, 15) is 63.6 Å². The Morgan fingerprint density at radius 1 is 0.515 bits per heavy atom. The Hall–Kier alpha value is -6.35. The standard InChI is InChI=1S/C19H27BN4O5.C15H27BN2O5.C14H25BN2O6.C13H25BN4O6/c21-15(8-12-9-23-16-6-2-1-5-14(12)16)17(25)24-10-13(4-3-7-20(28)29)19(22,11-24)18(26)27;17-15(14(20)21)10-18(9-12(15)7-4-8-16(22)23)13(19)11-5-2-1-3-6-11;16-14(13(19)20)9-17(7-11(14)4-1-5-15(21)22)12(18)10-3-2-6-23-8-10;15-9(3-4-10(16)19)11(20)18-6-8(2-1-5-14(23)24)13(17,7-18)12(21)22/h1-2,5-6,9,13,15,23,28-29H,3-4,7-8,10-11,21-22H2,(H,26,27);11-12,22-23H,1-10,17H2,(H,20,21);10-11,21-22H,1-9,16H2,(H,19,20);8-9,23-24H,1-7,15,17H2,(H2,16,19)(H,21,22)/t13-,15-,19-;12-,15-;10-,11-,14-;8-,9-,13-/m0000/s1. The molecule has 38 heteroatoms. The van der Waals surface area contributed by atoms with Gasteiger partial charge in [-0.1, -0.05) is 63.1 Å². The quantitative estimate of drug-likeness (QED) is 0.0342. The van der Waals surface area contributed by atoms with Crippen LogP contribution >= 0.6 is 0 Å². The number of fused-ring (bicyclic) bond motifs is 1. The number of primary amides is 1. The number of amides is 5. The largest absolute Gasteiger partial charge is 0.480 e. The van der Waals surface area contributed by atoms with Crippen LogP contribution in [0, 0.1) is 35.5 Å². The molecule has 34 nitrogen and oxygen atoms in total. The molecule has 0 bridgehead atoms. The van der Waals surface area contributed by atoms with Gasteiger partial charge in [0.1, 0.15) is 22.2 Å². The average molecular weight is 1400 g/mol. The lowest BCUT2D eigenvalue weighted by Gasteiger charge is -2.27. The Labute approximate surface area is 576 Å². The van der Waals surface area contributed by atoms with Gasteiger partial charge in [0.2, 0.25) is 29.5 Å². The highest BCUT2D eigenvalue weighted by molar-refractivity contribution is 6.41. The van der Waals surface area contributed by atoms with Crippen molar-refractivity contribution in [3.63, 3.8) is 0 Å². The van der Waals surface area contributed by atoms with E-state index in [-0.39, 0.29) is 113 Å². The Kier molecular flexibility index (Phi) is 32.0. The molecule has 1 aliphatic carbocycles. The van der Waals surface area contributed by atoms with E-state index in [0.717, 1.165) is 61.4 Å². The normalized spacial score (nSPS) is 26.6. The molecule has 1 saturated carbocycles. The Morgan fingerprint density at radius 3 is 1.25 bits per heavy atom. The van der Waals surface area contributed by atoms with Crippen LogP contribution in [-0.4, -0.2) is 267 Å². The molecule has 27 N–H and O–H groups in total. The number of H-pyrrole nitrogens is 1. The number of ether oxygens (including phenoxy) is 1. The first-order chi connectivity index (χ1) is 46.5. The lowest BCUT2D eigenvalue weighted by atomic mass is 9.78. The molecule has 5 amide bonds. The molecular weight excluding hydrogens is 1300 g/mol. The minimum absolute atomic E-state index is 0.000177. The van der Waals surface area contributed by atoms with E-state index in [2.05, 4.69) is 4.98 Å². The summed E-state index contributed by atoms with van der Waals surface area (Å²) in [6.07, 6.45) is 12.7. The summed E-state index contributed by atoms with van der Waals surface area (Å²) in [5, 5.41) is 110. The van der Waals surface area contributed by atoms with Crippen LogP contribution in [0.4, 0.5) is 0 Å². The van der Waals surface area contributed by atoms with E-state index in [1.54, 1.807) is 4.90 Å². The number of carboxylic acid groups (broad SMARTS) is 4. The molecule has 5 aliphatic heterocycles. The summed E-state index contributed by atoms with van der Waals surface area (Å²) in [6.45, 7) is 1.71. The fourth-order valence-corrected chi connectivity index (χ4v) is 14.3. The van der Waals surface area contributed by atoms with Crippen molar-refractivity contribution >= 4 is 92.8 Å². The zero-order chi connectivity index (χ0) is 73.7. The number of hydrogen-bond donors (Lipinski definition) is 20. The summed E-state index contributed by atoms with van der Waals surface area (Å²) < 4.78 is 5.33. The van der Waals surface area contributed by atoms with Crippen molar-refractivity contribution in [2.24, 2.45) is 75.6 Å². The van der Waals surface area contributed by atoms with Crippen LogP contribution < -0.4 is 40.1 Å². The zero-order valence-electron chi connectivity index (χ0n) is 56.2. The summed E-state index contributed by atoms with van der Waals surface area (Å²) in [6, 6.07) is 5.96. The number of para-hydroxylation sites is 1. The molecule has 0 unspecified atom stereocenters. The molecule has 552 valence electrons. The maximum Gasteiger partial charge on any atom is 0.451 e. The first kappa shape index (κ1) is 83.3. The molecule has 8 rings (SSSR count).